The van der Waals surface area contributed by atoms with Crippen molar-refractivity contribution < 1.29 is 28.6 Å². The summed E-state index contributed by atoms with van der Waals surface area (Å²) in [5.41, 5.74) is 0.102. The number of carbonyl (C=O) groups is 1. The van der Waals surface area contributed by atoms with Gasteiger partial charge in [-0.05, 0) is 36.4 Å². The Morgan fingerprint density at radius 2 is 1.59 bits per heavy atom. The van der Waals surface area contributed by atoms with E-state index in [1.807, 2.05) is 0 Å². The van der Waals surface area contributed by atoms with Crippen molar-refractivity contribution in [3.8, 4) is 11.5 Å². The molecule has 0 saturated carbocycles. The second-order valence-corrected chi connectivity index (χ2v) is 8.16. The fourth-order valence-electron chi connectivity index (χ4n) is 2.05. The van der Waals surface area contributed by atoms with E-state index in [0.29, 0.717) is 22.7 Å². The fraction of sp³-hybridized carbons (Fsp3) is 0. The summed E-state index contributed by atoms with van der Waals surface area (Å²) < 4.78 is 68.6. The first-order valence-electron chi connectivity index (χ1n) is 7.07. The van der Waals surface area contributed by atoms with Crippen molar-refractivity contribution in [1.82, 2.24) is 10.2 Å². The lowest BCUT2D eigenvalue weighted by molar-refractivity contribution is 0.102. The quantitative estimate of drug-likeness (QED) is 0.498. The average Bonchev–Trinajstić information content (AvgIpc) is 3.01. The predicted molar refractivity (Wildman–Crippen MR) is 90.5 cm³/mol. The maximum absolute atomic E-state index is 12.7. The molecule has 0 aliphatic heterocycles. The Hall–Kier alpha value is -2.66. The van der Waals surface area contributed by atoms with Crippen LogP contribution in [0, 0.1) is 0 Å². The number of nitrogens with zero attached hydrogens (tertiary/aromatic N) is 2. The van der Waals surface area contributed by atoms with Crippen molar-refractivity contribution in [2.24, 2.45) is 0 Å². The molecule has 0 atom stereocenters. The first kappa shape index (κ1) is 19.1. The number of rotatable bonds is 4. The number of nitrogens with one attached hydrogen (secondary N) is 1. The van der Waals surface area contributed by atoms with Gasteiger partial charge in [0.15, 0.2) is 0 Å². The highest BCUT2D eigenvalue weighted by atomic mass is 35.5. The highest BCUT2D eigenvalue weighted by Crippen LogP contribution is 3.02. The van der Waals surface area contributed by atoms with Crippen LogP contribution in [0.4, 0.5) is 25.4 Å². The van der Waals surface area contributed by atoms with Crippen LogP contribution in [-0.4, -0.2) is 16.1 Å². The lowest BCUT2D eigenvalue weighted by Crippen LogP contribution is -2.13. The van der Waals surface area contributed by atoms with Crippen molar-refractivity contribution in [2.75, 3.05) is 5.32 Å². The van der Waals surface area contributed by atoms with Gasteiger partial charge < -0.3 is 4.42 Å². The van der Waals surface area contributed by atoms with Crippen LogP contribution in [0.25, 0.3) is 11.5 Å². The molecule has 1 heterocycles. The molecule has 3 rings (SSSR count). The largest absolute Gasteiger partial charge is 0.403 e. The van der Waals surface area contributed by atoms with E-state index >= 15 is 0 Å². The third kappa shape index (κ3) is 4.37. The van der Waals surface area contributed by atoms with Gasteiger partial charge in [-0.2, -0.15) is 0 Å². The van der Waals surface area contributed by atoms with E-state index in [1.165, 1.54) is 0 Å². The van der Waals surface area contributed by atoms with Crippen LogP contribution >= 0.6 is 21.8 Å². The molecular formula is C15H9ClF5N3O2S. The van der Waals surface area contributed by atoms with E-state index < -0.39 is 21.0 Å². The van der Waals surface area contributed by atoms with Gasteiger partial charge in [-0.3, -0.25) is 10.1 Å². The number of anilines is 1. The molecule has 2 aromatic carbocycles. The number of amides is 1. The molecule has 0 unspecified atom stereocenters. The number of halogens is 6. The van der Waals surface area contributed by atoms with Crippen molar-refractivity contribution in [3.63, 3.8) is 0 Å². The summed E-state index contributed by atoms with van der Waals surface area (Å²) in [4.78, 5) is 9.93. The van der Waals surface area contributed by atoms with E-state index in [1.54, 1.807) is 24.3 Å². The van der Waals surface area contributed by atoms with Gasteiger partial charge in [-0.15, -0.1) is 5.10 Å². The number of hydrogen-bond acceptors (Lipinski definition) is 4. The normalized spacial score (nSPS) is 14.3. The van der Waals surface area contributed by atoms with Gasteiger partial charge in [-0.25, -0.2) is 0 Å². The van der Waals surface area contributed by atoms with Crippen molar-refractivity contribution in [1.29, 1.82) is 0 Å². The lowest BCUT2D eigenvalue weighted by Gasteiger charge is -2.40. The van der Waals surface area contributed by atoms with E-state index in [0.717, 1.165) is 0 Å². The van der Waals surface area contributed by atoms with Gasteiger partial charge in [0, 0.05) is 5.56 Å². The van der Waals surface area contributed by atoms with Gasteiger partial charge in [0.05, 0.1) is 10.6 Å². The maximum Gasteiger partial charge on any atom is 0.322 e. The Morgan fingerprint density at radius 1 is 0.963 bits per heavy atom. The Morgan fingerprint density at radius 3 is 2.19 bits per heavy atom. The molecule has 144 valence electrons. The van der Waals surface area contributed by atoms with Crippen LogP contribution < -0.4 is 5.32 Å². The third-order valence-corrected chi connectivity index (χ3v) is 4.80. The summed E-state index contributed by atoms with van der Waals surface area (Å²) in [5.74, 6) is -0.912. The molecule has 12 heteroatoms. The van der Waals surface area contributed by atoms with Crippen LogP contribution in [-0.2, 0) is 0 Å². The topological polar surface area (TPSA) is 68.0 Å². The summed E-state index contributed by atoms with van der Waals surface area (Å²) in [5, 5.41) is 9.76. The highest BCUT2D eigenvalue weighted by molar-refractivity contribution is 8.45. The minimum atomic E-state index is -9.80. The van der Waals surface area contributed by atoms with Gasteiger partial charge in [0.2, 0.25) is 0 Å². The second kappa shape index (κ2) is 5.67. The average molecular weight is 426 g/mol. The molecule has 0 fully saturated rings. The van der Waals surface area contributed by atoms with E-state index in [-0.39, 0.29) is 29.6 Å². The third-order valence-electron chi connectivity index (χ3n) is 3.31. The summed E-state index contributed by atoms with van der Waals surface area (Å²) >= 11 is 5.98. The Labute approximate surface area is 153 Å². The molecule has 1 N–H and O–H groups in total. The fourth-order valence-corrected chi connectivity index (χ4v) is 2.92. The van der Waals surface area contributed by atoms with E-state index in [4.69, 9.17) is 16.0 Å². The molecule has 27 heavy (non-hydrogen) atoms. The predicted octanol–water partition coefficient (Wildman–Crippen LogP) is 6.30. The molecule has 3 aromatic rings. The molecule has 0 saturated heterocycles. The molecule has 0 radical (unpaired) electrons. The number of hydrogen-bond donors (Lipinski definition) is 1. The van der Waals surface area contributed by atoms with Gasteiger partial charge in [0.1, 0.15) is 4.90 Å². The van der Waals surface area contributed by atoms with E-state index in [9.17, 15) is 24.2 Å². The summed E-state index contributed by atoms with van der Waals surface area (Å²) in [6.07, 6.45) is 0. The smallest absolute Gasteiger partial charge is 0.322 e. The molecule has 1 aromatic heterocycles. The molecule has 0 aliphatic rings. The van der Waals surface area contributed by atoms with Crippen LogP contribution in [0.1, 0.15) is 10.4 Å². The molecule has 0 bridgehead atoms. The minimum Gasteiger partial charge on any atom is -0.403 e. The molecule has 0 spiro atoms. The first-order valence-corrected chi connectivity index (χ1v) is 9.40. The molecular weight excluding hydrogens is 417 g/mol. The van der Waals surface area contributed by atoms with Crippen molar-refractivity contribution >= 4 is 33.7 Å². The molecule has 0 aliphatic carbocycles. The van der Waals surface area contributed by atoms with Gasteiger partial charge in [0.25, 0.3) is 11.8 Å². The Bertz CT molecular complexity index is 1020. The molecule has 1 amide bonds. The monoisotopic (exact) mass is 425 g/mol. The lowest BCUT2D eigenvalue weighted by atomic mass is 10.2. The number of carbonyl (C=O) groups excluding carboxylic acids is 1. The van der Waals surface area contributed by atoms with Crippen LogP contribution in [0.3, 0.4) is 0 Å². The van der Waals surface area contributed by atoms with Gasteiger partial charge in [-0.1, -0.05) is 48.3 Å². The summed E-state index contributed by atoms with van der Waals surface area (Å²) in [7, 11) is -9.80. The standard InChI is InChI=1S/C15H9ClF5N3O2S/c16-12-4-2-1-3-11(12)14-23-24-15(26-14)22-13(25)9-5-7-10(8-6-9)27(17,18,19,20)21/h1-8H,(H,22,24,25). The van der Waals surface area contributed by atoms with Crippen molar-refractivity contribution in [3.05, 3.63) is 59.1 Å². The second-order valence-electron chi connectivity index (χ2n) is 5.34. The molecule has 5 nitrogen and oxygen atoms in total. The number of aromatic nitrogens is 2. The Kier molecular flexibility index (Phi) is 4.01. The summed E-state index contributed by atoms with van der Waals surface area (Å²) in [6.45, 7) is 0. The SMILES string of the molecule is O=C(Nc1nnc(-c2ccccc2Cl)o1)c1ccc(S(F)(F)(F)(F)F)cc1. The first-order chi connectivity index (χ1) is 12.3. The zero-order chi connectivity index (χ0) is 19.9. The van der Waals surface area contributed by atoms with Gasteiger partial charge >= 0.3 is 16.2 Å². The van der Waals surface area contributed by atoms with Crippen LogP contribution in [0.5, 0.6) is 0 Å². The highest BCUT2D eigenvalue weighted by Gasteiger charge is 2.65. The number of benzene rings is 2. The zero-order valence-corrected chi connectivity index (χ0v) is 14.6. The maximum atomic E-state index is 12.7. The zero-order valence-electron chi connectivity index (χ0n) is 13.0. The Balaban J connectivity index is 1.78. The van der Waals surface area contributed by atoms with Crippen LogP contribution in [0.15, 0.2) is 57.8 Å². The van der Waals surface area contributed by atoms with Crippen molar-refractivity contribution in [2.45, 2.75) is 4.90 Å². The summed E-state index contributed by atoms with van der Waals surface area (Å²) in [6, 6.07) is 7.71. The van der Waals surface area contributed by atoms with E-state index in [2.05, 4.69) is 15.5 Å². The minimum absolute atomic E-state index is 0.00663. The van der Waals surface area contributed by atoms with Crippen LogP contribution in [0.2, 0.25) is 5.02 Å².